The number of pyridine rings is 1. The zero-order valence-electron chi connectivity index (χ0n) is 17.6. The van der Waals surface area contributed by atoms with Crippen LogP contribution in [0.2, 0.25) is 0 Å². The average molecular weight is 468 g/mol. The number of hydrogen-bond donors (Lipinski definition) is 4. The lowest BCUT2D eigenvalue weighted by atomic mass is 9.83. The molecule has 1 aliphatic carbocycles. The topological polar surface area (TPSA) is 146 Å². The van der Waals surface area contributed by atoms with Gasteiger partial charge in [-0.05, 0) is 24.3 Å². The Morgan fingerprint density at radius 2 is 1.76 bits per heavy atom. The smallest absolute Gasteiger partial charge is 0.254 e. The van der Waals surface area contributed by atoms with Gasteiger partial charge in [0.25, 0.3) is 5.91 Å². The Kier molecular flexibility index (Phi) is 4.85. The van der Waals surface area contributed by atoms with Crippen LogP contribution in [0.5, 0.6) is 0 Å². The molecule has 1 saturated carbocycles. The van der Waals surface area contributed by atoms with Gasteiger partial charge in [0, 0.05) is 29.4 Å². The number of primary amides is 1. The summed E-state index contributed by atoms with van der Waals surface area (Å²) < 4.78 is 45.9. The van der Waals surface area contributed by atoms with Gasteiger partial charge in [0.1, 0.15) is 45.6 Å². The number of rotatable bonds is 4. The lowest BCUT2D eigenvalue weighted by Crippen LogP contribution is -2.52. The number of nitrogens with two attached hydrogens (primary N) is 3. The molecule has 0 radical (unpaired) electrons. The third kappa shape index (κ3) is 3.37. The van der Waals surface area contributed by atoms with Crippen LogP contribution >= 0.6 is 0 Å². The van der Waals surface area contributed by atoms with Gasteiger partial charge in [-0.2, -0.15) is 5.10 Å². The number of aliphatic hydroxyl groups is 1. The molecule has 0 saturated heterocycles. The number of benzene rings is 2. The van der Waals surface area contributed by atoms with Crippen LogP contribution in [-0.2, 0) is 0 Å². The Labute approximate surface area is 190 Å². The van der Waals surface area contributed by atoms with Crippen molar-refractivity contribution < 1.29 is 23.1 Å². The predicted molar refractivity (Wildman–Crippen MR) is 119 cm³/mol. The van der Waals surface area contributed by atoms with E-state index in [2.05, 4.69) is 10.1 Å². The van der Waals surface area contributed by atoms with Gasteiger partial charge < -0.3 is 22.3 Å². The minimum atomic E-state index is -1.39. The molecular weight excluding hydrogens is 449 g/mol. The monoisotopic (exact) mass is 468 g/mol. The SMILES string of the molecule is NC(=O)c1c(-c2ccc3cc(F)c(-c4ccccc4F)nc3c2F)nn([C@H]2C[C@@](N)(O)C2)c1N. The summed E-state index contributed by atoms with van der Waals surface area (Å²) in [6, 6.07) is 8.77. The van der Waals surface area contributed by atoms with Crippen LogP contribution in [0.3, 0.4) is 0 Å². The summed E-state index contributed by atoms with van der Waals surface area (Å²) in [6.45, 7) is 0. The van der Waals surface area contributed by atoms with Crippen molar-refractivity contribution in [2.75, 3.05) is 5.73 Å². The molecule has 5 rings (SSSR count). The summed E-state index contributed by atoms with van der Waals surface area (Å²) in [6.07, 6.45) is 0.257. The van der Waals surface area contributed by atoms with Gasteiger partial charge in [0.2, 0.25) is 0 Å². The van der Waals surface area contributed by atoms with Crippen LogP contribution in [0, 0.1) is 17.5 Å². The number of aromatic nitrogens is 3. The van der Waals surface area contributed by atoms with Gasteiger partial charge in [-0.1, -0.05) is 18.2 Å². The van der Waals surface area contributed by atoms with E-state index in [1.807, 2.05) is 0 Å². The maximum absolute atomic E-state index is 15.7. The Balaban J connectivity index is 1.69. The molecular formula is C23H19F3N6O2. The first-order valence-electron chi connectivity index (χ1n) is 10.3. The van der Waals surface area contributed by atoms with Gasteiger partial charge in [-0.15, -0.1) is 0 Å². The molecule has 7 N–H and O–H groups in total. The zero-order chi connectivity index (χ0) is 24.4. The lowest BCUT2D eigenvalue weighted by Gasteiger charge is -2.40. The average Bonchev–Trinajstić information content (AvgIpc) is 3.09. The fourth-order valence-corrected chi connectivity index (χ4v) is 4.29. The summed E-state index contributed by atoms with van der Waals surface area (Å²) >= 11 is 0. The van der Waals surface area contributed by atoms with E-state index in [1.165, 1.54) is 35.0 Å². The number of nitrogens with zero attached hydrogens (tertiary/aromatic N) is 3. The van der Waals surface area contributed by atoms with Crippen molar-refractivity contribution in [2.45, 2.75) is 24.6 Å². The van der Waals surface area contributed by atoms with Crippen LogP contribution in [0.1, 0.15) is 29.2 Å². The molecule has 1 aliphatic rings. The van der Waals surface area contributed by atoms with Crippen molar-refractivity contribution in [3.05, 3.63) is 65.5 Å². The molecule has 2 aromatic carbocycles. The molecule has 0 spiro atoms. The molecule has 2 aromatic heterocycles. The predicted octanol–water partition coefficient (Wildman–Crippen LogP) is 2.85. The van der Waals surface area contributed by atoms with Gasteiger partial charge >= 0.3 is 0 Å². The quantitative estimate of drug-likeness (QED) is 0.339. The first-order chi connectivity index (χ1) is 16.1. The molecule has 34 heavy (non-hydrogen) atoms. The highest BCUT2D eigenvalue weighted by Gasteiger charge is 2.42. The number of amides is 1. The van der Waals surface area contributed by atoms with E-state index in [1.54, 1.807) is 0 Å². The van der Waals surface area contributed by atoms with Gasteiger partial charge in [0.05, 0.1) is 6.04 Å². The second-order valence-corrected chi connectivity index (χ2v) is 8.38. The highest BCUT2D eigenvalue weighted by molar-refractivity contribution is 6.04. The van der Waals surface area contributed by atoms with E-state index in [-0.39, 0.29) is 57.6 Å². The van der Waals surface area contributed by atoms with E-state index in [4.69, 9.17) is 17.2 Å². The molecule has 1 fully saturated rings. The summed E-state index contributed by atoms with van der Waals surface area (Å²) in [5, 5.41) is 14.3. The number of carbonyl (C=O) groups is 1. The first kappa shape index (κ1) is 21.9. The Hall–Kier alpha value is -3.96. The van der Waals surface area contributed by atoms with E-state index in [0.29, 0.717) is 0 Å². The van der Waals surface area contributed by atoms with Gasteiger partial charge in [-0.3, -0.25) is 4.79 Å². The fourth-order valence-electron chi connectivity index (χ4n) is 4.29. The van der Waals surface area contributed by atoms with E-state index < -0.39 is 35.1 Å². The molecule has 8 nitrogen and oxygen atoms in total. The molecule has 0 aliphatic heterocycles. The van der Waals surface area contributed by atoms with Crippen molar-refractivity contribution in [3.63, 3.8) is 0 Å². The van der Waals surface area contributed by atoms with Gasteiger partial charge in [-0.25, -0.2) is 22.8 Å². The summed E-state index contributed by atoms with van der Waals surface area (Å²) in [7, 11) is 0. The minimum Gasteiger partial charge on any atom is -0.383 e. The maximum atomic E-state index is 15.7. The van der Waals surface area contributed by atoms with Crippen molar-refractivity contribution in [1.82, 2.24) is 14.8 Å². The molecule has 2 heterocycles. The molecule has 1 amide bonds. The molecule has 4 aromatic rings. The second-order valence-electron chi connectivity index (χ2n) is 8.38. The van der Waals surface area contributed by atoms with Crippen LogP contribution in [-0.4, -0.2) is 31.5 Å². The summed E-state index contributed by atoms with van der Waals surface area (Å²) in [5.74, 6) is -3.48. The van der Waals surface area contributed by atoms with Crippen molar-refractivity contribution in [3.8, 4) is 22.5 Å². The van der Waals surface area contributed by atoms with Crippen molar-refractivity contribution >= 4 is 22.6 Å². The first-order valence-corrected chi connectivity index (χ1v) is 10.3. The highest BCUT2D eigenvalue weighted by atomic mass is 19.1. The van der Waals surface area contributed by atoms with E-state index >= 15 is 4.39 Å². The van der Waals surface area contributed by atoms with E-state index in [0.717, 1.165) is 12.1 Å². The Morgan fingerprint density at radius 3 is 2.41 bits per heavy atom. The largest absolute Gasteiger partial charge is 0.383 e. The van der Waals surface area contributed by atoms with Crippen molar-refractivity contribution in [2.24, 2.45) is 11.5 Å². The molecule has 174 valence electrons. The van der Waals surface area contributed by atoms with Gasteiger partial charge in [0.15, 0.2) is 5.82 Å². The Bertz CT molecular complexity index is 1480. The standard InChI is InChI=1S/C23H19F3N6O2/c24-14-4-2-1-3-12(14)19-15(25)7-10-5-6-13(17(26)18(10)30-19)20-16(22(28)33)21(27)32(31-20)11-8-23(29,34)9-11/h1-7,11,34H,8-9,27,29H2,(H2,28,33)/t11-,23+. The summed E-state index contributed by atoms with van der Waals surface area (Å²) in [4.78, 5) is 16.2. The maximum Gasteiger partial charge on any atom is 0.254 e. The van der Waals surface area contributed by atoms with Crippen LogP contribution in [0.15, 0.2) is 42.5 Å². The van der Waals surface area contributed by atoms with Crippen molar-refractivity contribution in [1.29, 1.82) is 0 Å². The minimum absolute atomic E-state index is 0.0957. The van der Waals surface area contributed by atoms with Crippen LogP contribution in [0.25, 0.3) is 33.4 Å². The normalized spacial score (nSPS) is 19.9. The van der Waals surface area contributed by atoms with Crippen LogP contribution in [0.4, 0.5) is 19.0 Å². The second kappa shape index (κ2) is 7.54. The summed E-state index contributed by atoms with van der Waals surface area (Å²) in [5.41, 5.74) is 14.6. The Morgan fingerprint density at radius 1 is 1.06 bits per heavy atom. The molecule has 0 bridgehead atoms. The number of halogens is 3. The number of fused-ring (bicyclic) bond motifs is 1. The zero-order valence-corrected chi connectivity index (χ0v) is 17.6. The molecule has 0 atom stereocenters. The number of hydrogen-bond acceptors (Lipinski definition) is 6. The highest BCUT2D eigenvalue weighted by Crippen LogP contribution is 2.41. The third-order valence-corrected chi connectivity index (χ3v) is 5.98. The molecule has 11 heteroatoms. The lowest BCUT2D eigenvalue weighted by molar-refractivity contribution is -0.0643. The third-order valence-electron chi connectivity index (χ3n) is 5.98. The fraction of sp³-hybridized carbons (Fsp3) is 0.174. The number of anilines is 1. The van der Waals surface area contributed by atoms with Crippen LogP contribution < -0.4 is 17.2 Å². The number of nitrogen functional groups attached to an aromatic ring is 1. The number of carbonyl (C=O) groups excluding carboxylic acids is 1. The van der Waals surface area contributed by atoms with E-state index in [9.17, 15) is 18.7 Å². The molecule has 0 unspecified atom stereocenters.